The summed E-state index contributed by atoms with van der Waals surface area (Å²) >= 11 is 0. The van der Waals surface area contributed by atoms with E-state index in [1.807, 2.05) is 91.0 Å². The molecule has 0 saturated carbocycles. The van der Waals surface area contributed by atoms with Crippen LogP contribution in [-0.4, -0.2) is 14.5 Å². The zero-order chi connectivity index (χ0) is 21.0. The molecule has 150 valence electrons. The van der Waals surface area contributed by atoms with Crippen LogP contribution in [0.4, 0.5) is 11.5 Å². The number of oxazole rings is 1. The smallest absolute Gasteiger partial charge is 0.355 e. The highest BCUT2D eigenvalue weighted by Gasteiger charge is 2.19. The first kappa shape index (κ1) is 18.6. The van der Waals surface area contributed by atoms with E-state index < -0.39 is 5.69 Å². The number of benzene rings is 3. The van der Waals surface area contributed by atoms with E-state index in [4.69, 9.17) is 4.42 Å². The van der Waals surface area contributed by atoms with Crippen molar-refractivity contribution in [2.24, 2.45) is 0 Å². The van der Waals surface area contributed by atoms with Gasteiger partial charge in [0.2, 0.25) is 5.89 Å². The topological polar surface area (TPSA) is 73.0 Å². The second-order valence-corrected chi connectivity index (χ2v) is 6.86. The number of para-hydroxylation sites is 1. The van der Waals surface area contributed by atoms with Gasteiger partial charge in [0.1, 0.15) is 5.82 Å². The largest absolute Gasteiger partial charge is 0.434 e. The van der Waals surface area contributed by atoms with Gasteiger partial charge < -0.3 is 9.73 Å². The van der Waals surface area contributed by atoms with Crippen LogP contribution >= 0.6 is 0 Å². The van der Waals surface area contributed by atoms with E-state index in [0.717, 1.165) is 16.8 Å². The molecule has 0 amide bonds. The van der Waals surface area contributed by atoms with Crippen molar-refractivity contribution in [2.45, 2.75) is 0 Å². The van der Waals surface area contributed by atoms with E-state index >= 15 is 0 Å². The minimum Gasteiger partial charge on any atom is -0.434 e. The molecule has 0 fully saturated rings. The van der Waals surface area contributed by atoms with E-state index in [1.165, 1.54) is 4.57 Å². The Hall–Kier alpha value is -4.45. The fourth-order valence-electron chi connectivity index (χ4n) is 3.26. The summed E-state index contributed by atoms with van der Waals surface area (Å²) in [6, 6.07) is 30.5. The Balaban J connectivity index is 1.59. The monoisotopic (exact) mass is 406 g/mol. The predicted octanol–water partition coefficient (Wildman–Crippen LogP) is 5.30. The second-order valence-electron chi connectivity index (χ2n) is 6.86. The molecule has 0 aliphatic carbocycles. The summed E-state index contributed by atoms with van der Waals surface area (Å²) < 4.78 is 7.51. The maximum atomic E-state index is 12.9. The van der Waals surface area contributed by atoms with Gasteiger partial charge >= 0.3 is 5.69 Å². The van der Waals surface area contributed by atoms with E-state index in [9.17, 15) is 4.79 Å². The van der Waals surface area contributed by atoms with Gasteiger partial charge in [-0.3, -0.25) is 0 Å². The van der Waals surface area contributed by atoms with Crippen LogP contribution in [0.25, 0.3) is 28.6 Å². The van der Waals surface area contributed by atoms with Crippen molar-refractivity contribution in [3.05, 3.63) is 114 Å². The lowest BCUT2D eigenvalue weighted by molar-refractivity contribution is 0.588. The van der Waals surface area contributed by atoms with Gasteiger partial charge in [-0.05, 0) is 30.3 Å². The van der Waals surface area contributed by atoms with Crippen molar-refractivity contribution in [2.75, 3.05) is 5.32 Å². The molecule has 5 rings (SSSR count). The van der Waals surface area contributed by atoms with Gasteiger partial charge in [-0.15, -0.1) is 0 Å². The molecule has 5 aromatic rings. The number of nitrogens with zero attached hydrogens (tertiary/aromatic N) is 3. The highest BCUT2D eigenvalue weighted by atomic mass is 16.4. The van der Waals surface area contributed by atoms with Crippen molar-refractivity contribution in [1.82, 2.24) is 14.5 Å². The fourth-order valence-corrected chi connectivity index (χ4v) is 3.26. The summed E-state index contributed by atoms with van der Waals surface area (Å²) in [6.45, 7) is 0. The van der Waals surface area contributed by atoms with Crippen molar-refractivity contribution in [3.63, 3.8) is 0 Å². The standard InChI is InChI=1S/C25H18N4O2/c30-25-27-21(26-20-14-8-3-9-15-20)16-17-29(25)23-22(18-10-4-1-5-11-18)31-24(28-23)19-12-6-2-7-13-19/h1-17H,(H,26,27,30). The van der Waals surface area contributed by atoms with Crippen LogP contribution in [0.15, 0.2) is 112 Å². The summed E-state index contributed by atoms with van der Waals surface area (Å²) in [5, 5.41) is 3.13. The Bertz CT molecular complexity index is 1360. The van der Waals surface area contributed by atoms with Crippen molar-refractivity contribution < 1.29 is 4.42 Å². The third-order valence-electron chi connectivity index (χ3n) is 4.74. The number of aromatic nitrogens is 3. The molecule has 31 heavy (non-hydrogen) atoms. The molecule has 6 heteroatoms. The van der Waals surface area contributed by atoms with E-state index in [2.05, 4.69) is 15.3 Å². The van der Waals surface area contributed by atoms with Gasteiger partial charge in [-0.25, -0.2) is 9.36 Å². The molecule has 0 aliphatic heterocycles. The Morgan fingerprint density at radius 1 is 0.710 bits per heavy atom. The van der Waals surface area contributed by atoms with Gasteiger partial charge in [0.15, 0.2) is 11.6 Å². The lowest BCUT2D eigenvalue weighted by Gasteiger charge is -2.07. The van der Waals surface area contributed by atoms with Crippen LogP contribution in [0.5, 0.6) is 0 Å². The summed E-state index contributed by atoms with van der Waals surface area (Å²) in [6.07, 6.45) is 1.65. The van der Waals surface area contributed by atoms with Gasteiger partial charge in [0, 0.05) is 23.0 Å². The molecular formula is C25H18N4O2. The van der Waals surface area contributed by atoms with Crippen LogP contribution in [0.3, 0.4) is 0 Å². The van der Waals surface area contributed by atoms with E-state index in [1.54, 1.807) is 12.3 Å². The zero-order valence-electron chi connectivity index (χ0n) is 16.5. The maximum absolute atomic E-state index is 12.9. The van der Waals surface area contributed by atoms with Gasteiger partial charge in [-0.1, -0.05) is 66.7 Å². The minimum absolute atomic E-state index is 0.397. The summed E-state index contributed by atoms with van der Waals surface area (Å²) in [5.41, 5.74) is 2.05. The van der Waals surface area contributed by atoms with Crippen LogP contribution in [0.1, 0.15) is 0 Å². The number of nitrogens with one attached hydrogen (secondary N) is 1. The van der Waals surface area contributed by atoms with Gasteiger partial charge in [0.05, 0.1) is 0 Å². The molecule has 0 bridgehead atoms. The highest BCUT2D eigenvalue weighted by molar-refractivity contribution is 5.69. The van der Waals surface area contributed by atoms with Crippen LogP contribution in [-0.2, 0) is 0 Å². The highest BCUT2D eigenvalue weighted by Crippen LogP contribution is 2.31. The zero-order valence-corrected chi connectivity index (χ0v) is 16.5. The molecule has 0 spiro atoms. The van der Waals surface area contributed by atoms with Crippen molar-refractivity contribution in [1.29, 1.82) is 0 Å². The van der Waals surface area contributed by atoms with Gasteiger partial charge in [0.25, 0.3) is 0 Å². The molecular weight excluding hydrogens is 388 g/mol. The quantitative estimate of drug-likeness (QED) is 0.429. The van der Waals surface area contributed by atoms with Crippen LogP contribution in [0.2, 0.25) is 0 Å². The molecule has 2 aromatic heterocycles. The minimum atomic E-state index is -0.453. The van der Waals surface area contributed by atoms with E-state index in [-0.39, 0.29) is 0 Å². The number of hydrogen-bond acceptors (Lipinski definition) is 5. The Labute approximate surface area is 178 Å². The first-order chi connectivity index (χ1) is 15.3. The third kappa shape index (κ3) is 3.86. The Morgan fingerprint density at radius 2 is 1.32 bits per heavy atom. The summed E-state index contributed by atoms with van der Waals surface area (Å²) in [4.78, 5) is 21.7. The fraction of sp³-hybridized carbons (Fsp3) is 0. The first-order valence-electron chi connectivity index (χ1n) is 9.82. The molecule has 0 aliphatic rings. The lowest BCUT2D eigenvalue weighted by atomic mass is 10.2. The molecule has 2 heterocycles. The Morgan fingerprint density at radius 3 is 1.97 bits per heavy atom. The average Bonchev–Trinajstić information content (AvgIpc) is 3.26. The predicted molar refractivity (Wildman–Crippen MR) is 120 cm³/mol. The van der Waals surface area contributed by atoms with Crippen molar-refractivity contribution >= 4 is 11.5 Å². The van der Waals surface area contributed by atoms with Crippen LogP contribution in [0, 0.1) is 0 Å². The Kier molecular flexibility index (Phi) is 4.86. The van der Waals surface area contributed by atoms with E-state index in [0.29, 0.717) is 23.3 Å². The summed E-state index contributed by atoms with van der Waals surface area (Å²) in [5.74, 6) is 1.80. The average molecular weight is 406 g/mol. The molecule has 0 saturated heterocycles. The van der Waals surface area contributed by atoms with Gasteiger partial charge in [-0.2, -0.15) is 9.97 Å². The number of hydrogen-bond donors (Lipinski definition) is 1. The second kappa shape index (κ2) is 8.12. The maximum Gasteiger partial charge on any atom is 0.355 e. The molecule has 6 nitrogen and oxygen atoms in total. The lowest BCUT2D eigenvalue weighted by Crippen LogP contribution is -2.22. The number of rotatable bonds is 5. The third-order valence-corrected chi connectivity index (χ3v) is 4.74. The molecule has 0 unspecified atom stereocenters. The SMILES string of the molecule is O=c1nc(Nc2ccccc2)ccn1-c1nc(-c2ccccc2)oc1-c1ccccc1. The van der Waals surface area contributed by atoms with Crippen molar-refractivity contribution in [3.8, 4) is 28.6 Å². The number of anilines is 2. The van der Waals surface area contributed by atoms with Crippen LogP contribution < -0.4 is 11.0 Å². The molecule has 3 aromatic carbocycles. The summed E-state index contributed by atoms with van der Waals surface area (Å²) in [7, 11) is 0. The molecule has 1 N–H and O–H groups in total. The first-order valence-corrected chi connectivity index (χ1v) is 9.82. The normalized spacial score (nSPS) is 10.7. The molecule has 0 radical (unpaired) electrons. The molecule has 0 atom stereocenters.